The number of aryl methyl sites for hydroxylation is 1. The summed E-state index contributed by atoms with van der Waals surface area (Å²) in [5, 5.41) is 9.09. The number of carbonyl (C=O) groups is 1. The Morgan fingerprint density at radius 3 is 2.91 bits per heavy atom. The Kier molecular flexibility index (Phi) is 5.35. The number of rotatable bonds is 6. The molecule has 0 saturated carbocycles. The zero-order chi connectivity index (χ0) is 15.9. The summed E-state index contributed by atoms with van der Waals surface area (Å²) in [4.78, 5) is 11.6. The molecule has 0 bridgehead atoms. The van der Waals surface area contributed by atoms with E-state index in [9.17, 15) is 9.18 Å². The van der Waals surface area contributed by atoms with Crippen molar-refractivity contribution < 1.29 is 18.4 Å². The minimum atomic E-state index is -0.363. The molecule has 0 aliphatic carbocycles. The average molecular weight is 307 g/mol. The van der Waals surface area contributed by atoms with Crippen LogP contribution in [0.15, 0.2) is 34.9 Å². The van der Waals surface area contributed by atoms with Crippen LogP contribution >= 0.6 is 0 Å². The standard InChI is InChI=1S/C15H18FN3O3/c1-10-6-13(19-22-10)9-18-15(20)17-8-11(2)21-14-5-3-4-12(16)7-14/h3-7,11H,8-9H2,1-2H3,(H2,17,18,20)/t11-/m1/s1. The summed E-state index contributed by atoms with van der Waals surface area (Å²) < 4.78 is 23.4. The van der Waals surface area contributed by atoms with Crippen molar-refractivity contribution in [3.8, 4) is 5.75 Å². The van der Waals surface area contributed by atoms with Gasteiger partial charge in [-0.2, -0.15) is 0 Å². The van der Waals surface area contributed by atoms with Crippen LogP contribution in [0.4, 0.5) is 9.18 Å². The van der Waals surface area contributed by atoms with E-state index in [1.807, 2.05) is 0 Å². The minimum Gasteiger partial charge on any atom is -0.489 e. The monoisotopic (exact) mass is 307 g/mol. The molecule has 2 aromatic rings. The lowest BCUT2D eigenvalue weighted by Crippen LogP contribution is -2.40. The molecule has 0 aliphatic heterocycles. The summed E-state index contributed by atoms with van der Waals surface area (Å²) in [7, 11) is 0. The molecule has 6 nitrogen and oxygen atoms in total. The Bertz CT molecular complexity index is 630. The van der Waals surface area contributed by atoms with E-state index >= 15 is 0 Å². The number of nitrogens with one attached hydrogen (secondary N) is 2. The molecule has 22 heavy (non-hydrogen) atoms. The molecule has 1 aromatic heterocycles. The van der Waals surface area contributed by atoms with Crippen LogP contribution in [0, 0.1) is 12.7 Å². The van der Waals surface area contributed by atoms with Crippen LogP contribution < -0.4 is 15.4 Å². The van der Waals surface area contributed by atoms with Gasteiger partial charge in [0.2, 0.25) is 0 Å². The number of benzene rings is 1. The van der Waals surface area contributed by atoms with Crippen molar-refractivity contribution in [2.75, 3.05) is 6.54 Å². The molecule has 0 unspecified atom stereocenters. The minimum absolute atomic E-state index is 0.280. The predicted octanol–water partition coefficient (Wildman–Crippen LogP) is 2.39. The fourth-order valence-corrected chi connectivity index (χ4v) is 1.79. The van der Waals surface area contributed by atoms with Crippen LogP contribution in [-0.4, -0.2) is 23.8 Å². The highest BCUT2D eigenvalue weighted by atomic mass is 19.1. The first-order chi connectivity index (χ1) is 10.5. The van der Waals surface area contributed by atoms with Gasteiger partial charge in [0.25, 0.3) is 0 Å². The van der Waals surface area contributed by atoms with E-state index in [1.165, 1.54) is 12.1 Å². The number of ether oxygens (including phenoxy) is 1. The van der Waals surface area contributed by atoms with E-state index in [0.29, 0.717) is 23.7 Å². The van der Waals surface area contributed by atoms with Gasteiger partial charge in [-0.1, -0.05) is 11.2 Å². The van der Waals surface area contributed by atoms with Gasteiger partial charge < -0.3 is 19.9 Å². The van der Waals surface area contributed by atoms with Crippen molar-refractivity contribution in [2.24, 2.45) is 0 Å². The number of hydrogen-bond acceptors (Lipinski definition) is 4. The van der Waals surface area contributed by atoms with Crippen molar-refractivity contribution in [3.05, 3.63) is 47.6 Å². The topological polar surface area (TPSA) is 76.4 Å². The molecule has 2 amide bonds. The van der Waals surface area contributed by atoms with E-state index in [1.54, 1.807) is 32.0 Å². The Balaban J connectivity index is 1.69. The van der Waals surface area contributed by atoms with E-state index in [2.05, 4.69) is 15.8 Å². The molecule has 0 spiro atoms. The van der Waals surface area contributed by atoms with Crippen molar-refractivity contribution in [1.29, 1.82) is 0 Å². The third kappa shape index (κ3) is 5.08. The van der Waals surface area contributed by atoms with Gasteiger partial charge in [0.1, 0.15) is 29.1 Å². The Hall–Kier alpha value is -2.57. The van der Waals surface area contributed by atoms with Crippen LogP contribution in [0.25, 0.3) is 0 Å². The van der Waals surface area contributed by atoms with Gasteiger partial charge in [0.05, 0.1) is 13.1 Å². The van der Waals surface area contributed by atoms with Crippen molar-refractivity contribution in [1.82, 2.24) is 15.8 Å². The molecular formula is C15H18FN3O3. The zero-order valence-electron chi connectivity index (χ0n) is 12.4. The van der Waals surface area contributed by atoms with Crippen LogP contribution in [0.2, 0.25) is 0 Å². The molecule has 1 aromatic carbocycles. The second-order valence-corrected chi connectivity index (χ2v) is 4.88. The Labute approximate surface area is 127 Å². The maximum Gasteiger partial charge on any atom is 0.315 e. The molecular weight excluding hydrogens is 289 g/mol. The molecule has 0 fully saturated rings. The number of aromatic nitrogens is 1. The van der Waals surface area contributed by atoms with Crippen molar-refractivity contribution in [2.45, 2.75) is 26.5 Å². The normalized spacial score (nSPS) is 11.8. The second-order valence-electron chi connectivity index (χ2n) is 4.88. The summed E-state index contributed by atoms with van der Waals surface area (Å²) in [6.07, 6.45) is -0.290. The quantitative estimate of drug-likeness (QED) is 0.859. The van der Waals surface area contributed by atoms with Gasteiger partial charge in [-0.05, 0) is 26.0 Å². The van der Waals surface area contributed by atoms with Crippen LogP contribution in [-0.2, 0) is 6.54 Å². The molecule has 1 heterocycles. The van der Waals surface area contributed by atoms with Gasteiger partial charge in [0, 0.05) is 12.1 Å². The highest BCUT2D eigenvalue weighted by molar-refractivity contribution is 5.73. The zero-order valence-corrected chi connectivity index (χ0v) is 12.4. The summed E-state index contributed by atoms with van der Waals surface area (Å²) in [6.45, 7) is 4.14. The lowest BCUT2D eigenvalue weighted by atomic mass is 10.3. The van der Waals surface area contributed by atoms with Crippen LogP contribution in [0.5, 0.6) is 5.75 Å². The SMILES string of the molecule is Cc1cc(CNC(=O)NC[C@@H](C)Oc2cccc(F)c2)no1. The molecule has 1 atom stereocenters. The molecule has 2 N–H and O–H groups in total. The van der Waals surface area contributed by atoms with Gasteiger partial charge >= 0.3 is 6.03 Å². The first-order valence-corrected chi connectivity index (χ1v) is 6.89. The van der Waals surface area contributed by atoms with Crippen molar-refractivity contribution in [3.63, 3.8) is 0 Å². The third-order valence-corrected chi connectivity index (χ3v) is 2.79. The van der Waals surface area contributed by atoms with E-state index < -0.39 is 0 Å². The number of urea groups is 1. The number of nitrogens with zero attached hydrogens (tertiary/aromatic N) is 1. The smallest absolute Gasteiger partial charge is 0.315 e. The van der Waals surface area contributed by atoms with E-state index in [-0.39, 0.29) is 24.5 Å². The molecule has 0 radical (unpaired) electrons. The average Bonchev–Trinajstić information content (AvgIpc) is 2.89. The molecule has 0 saturated heterocycles. The highest BCUT2D eigenvalue weighted by Crippen LogP contribution is 2.13. The predicted molar refractivity (Wildman–Crippen MR) is 78.0 cm³/mol. The van der Waals surface area contributed by atoms with Crippen LogP contribution in [0.1, 0.15) is 18.4 Å². The maximum absolute atomic E-state index is 13.0. The van der Waals surface area contributed by atoms with Gasteiger partial charge in [-0.3, -0.25) is 0 Å². The summed E-state index contributed by atoms with van der Waals surface area (Å²) in [5.74, 6) is 0.750. The second kappa shape index (κ2) is 7.44. The first kappa shape index (κ1) is 15.8. The molecule has 0 aliphatic rings. The highest BCUT2D eigenvalue weighted by Gasteiger charge is 2.08. The van der Waals surface area contributed by atoms with Gasteiger partial charge in [0.15, 0.2) is 0 Å². The third-order valence-electron chi connectivity index (χ3n) is 2.79. The maximum atomic E-state index is 13.0. The van der Waals surface area contributed by atoms with Gasteiger partial charge in [-0.15, -0.1) is 0 Å². The lowest BCUT2D eigenvalue weighted by molar-refractivity contribution is 0.207. The molecule has 118 valence electrons. The Morgan fingerprint density at radius 1 is 1.41 bits per heavy atom. The number of amides is 2. The molecule has 7 heteroatoms. The summed E-state index contributed by atoms with van der Waals surface area (Å²) >= 11 is 0. The van der Waals surface area contributed by atoms with Crippen LogP contribution in [0.3, 0.4) is 0 Å². The number of carbonyl (C=O) groups excluding carboxylic acids is 1. The first-order valence-electron chi connectivity index (χ1n) is 6.89. The fourth-order valence-electron chi connectivity index (χ4n) is 1.79. The fraction of sp³-hybridized carbons (Fsp3) is 0.333. The largest absolute Gasteiger partial charge is 0.489 e. The van der Waals surface area contributed by atoms with E-state index in [0.717, 1.165) is 0 Å². The Morgan fingerprint density at radius 2 is 2.23 bits per heavy atom. The van der Waals surface area contributed by atoms with Crippen molar-refractivity contribution >= 4 is 6.03 Å². The lowest BCUT2D eigenvalue weighted by Gasteiger charge is -2.15. The number of hydrogen-bond donors (Lipinski definition) is 2. The molecule has 2 rings (SSSR count). The summed E-state index contributed by atoms with van der Waals surface area (Å²) in [5.41, 5.74) is 0.650. The van der Waals surface area contributed by atoms with E-state index in [4.69, 9.17) is 9.26 Å². The summed E-state index contributed by atoms with van der Waals surface area (Å²) in [6, 6.07) is 7.27. The van der Waals surface area contributed by atoms with Gasteiger partial charge in [-0.25, -0.2) is 9.18 Å². The number of halogens is 1.